The largest absolute Gasteiger partial charge is 0.479 e. The van der Waals surface area contributed by atoms with Crippen molar-refractivity contribution in [2.24, 2.45) is 0 Å². The Labute approximate surface area is 185 Å². The van der Waals surface area contributed by atoms with Gasteiger partial charge in [-0.05, 0) is 63.2 Å². The van der Waals surface area contributed by atoms with Gasteiger partial charge in [0.05, 0.1) is 9.92 Å². The highest BCUT2D eigenvalue weighted by molar-refractivity contribution is 7.92. The first-order chi connectivity index (χ1) is 14.6. The zero-order valence-corrected chi connectivity index (χ0v) is 18.7. The van der Waals surface area contributed by atoms with Crippen molar-refractivity contribution in [1.29, 1.82) is 0 Å². The molecule has 0 radical (unpaired) electrons. The molecule has 0 spiro atoms. The van der Waals surface area contributed by atoms with Crippen LogP contribution in [0.3, 0.4) is 0 Å². The van der Waals surface area contributed by atoms with Crippen molar-refractivity contribution in [2.75, 3.05) is 10.0 Å². The Morgan fingerprint density at radius 1 is 1.03 bits per heavy atom. The van der Waals surface area contributed by atoms with E-state index in [1.165, 1.54) is 24.3 Å². The van der Waals surface area contributed by atoms with E-state index < -0.39 is 22.0 Å². The van der Waals surface area contributed by atoms with Gasteiger partial charge in [0.2, 0.25) is 5.95 Å². The van der Waals surface area contributed by atoms with Gasteiger partial charge in [0, 0.05) is 17.1 Å². The van der Waals surface area contributed by atoms with Crippen molar-refractivity contribution in [3.63, 3.8) is 0 Å². The molecule has 10 heteroatoms. The molecule has 1 amide bonds. The zero-order chi connectivity index (χ0) is 22.6. The molecule has 31 heavy (non-hydrogen) atoms. The Bertz CT molecular complexity index is 1180. The van der Waals surface area contributed by atoms with Crippen LogP contribution >= 0.6 is 11.6 Å². The number of aryl methyl sites for hydroxylation is 2. The molecule has 1 aromatic heterocycles. The van der Waals surface area contributed by atoms with Crippen LogP contribution < -0.4 is 14.8 Å². The van der Waals surface area contributed by atoms with Gasteiger partial charge in [-0.3, -0.25) is 4.79 Å². The van der Waals surface area contributed by atoms with Gasteiger partial charge < -0.3 is 10.1 Å². The number of nitrogens with zero attached hydrogens (tertiary/aromatic N) is 2. The summed E-state index contributed by atoms with van der Waals surface area (Å²) in [5.41, 5.74) is 1.72. The lowest BCUT2D eigenvalue weighted by molar-refractivity contribution is -0.122. The number of sulfonamides is 1. The predicted octanol–water partition coefficient (Wildman–Crippen LogP) is 3.95. The summed E-state index contributed by atoms with van der Waals surface area (Å²) in [4.78, 5) is 20.6. The summed E-state index contributed by atoms with van der Waals surface area (Å²) in [6, 6.07) is 14.3. The number of amides is 1. The number of ether oxygens (including phenoxy) is 1. The maximum atomic E-state index is 12.6. The van der Waals surface area contributed by atoms with Crippen molar-refractivity contribution in [2.45, 2.75) is 31.8 Å². The maximum absolute atomic E-state index is 12.6. The van der Waals surface area contributed by atoms with E-state index in [1.807, 2.05) is 0 Å². The van der Waals surface area contributed by atoms with Gasteiger partial charge >= 0.3 is 0 Å². The number of benzene rings is 2. The quantitative estimate of drug-likeness (QED) is 0.552. The first-order valence-corrected chi connectivity index (χ1v) is 11.2. The highest BCUT2D eigenvalue weighted by atomic mass is 35.5. The van der Waals surface area contributed by atoms with E-state index >= 15 is 0 Å². The van der Waals surface area contributed by atoms with Gasteiger partial charge in [-0.15, -0.1) is 0 Å². The number of aromatic nitrogens is 2. The van der Waals surface area contributed by atoms with Crippen LogP contribution in [-0.4, -0.2) is 30.4 Å². The molecule has 3 rings (SSSR count). The molecule has 2 aromatic carbocycles. The second-order valence-corrected chi connectivity index (χ2v) is 8.87. The van der Waals surface area contributed by atoms with E-state index in [9.17, 15) is 13.2 Å². The van der Waals surface area contributed by atoms with Gasteiger partial charge in [0.15, 0.2) is 6.10 Å². The Morgan fingerprint density at radius 3 is 2.26 bits per heavy atom. The summed E-state index contributed by atoms with van der Waals surface area (Å²) >= 11 is 6.04. The molecule has 0 bridgehead atoms. The third kappa shape index (κ3) is 5.93. The van der Waals surface area contributed by atoms with Crippen LogP contribution in [0.5, 0.6) is 5.75 Å². The van der Waals surface area contributed by atoms with Crippen molar-refractivity contribution >= 4 is 39.2 Å². The fourth-order valence-electron chi connectivity index (χ4n) is 2.70. The molecule has 0 saturated carbocycles. The molecule has 0 unspecified atom stereocenters. The molecule has 1 atom stereocenters. The van der Waals surface area contributed by atoms with Gasteiger partial charge in [0.25, 0.3) is 15.9 Å². The lowest BCUT2D eigenvalue weighted by atomic mass is 10.3. The van der Waals surface area contributed by atoms with E-state index in [2.05, 4.69) is 20.0 Å². The number of rotatable bonds is 7. The average Bonchev–Trinajstić information content (AvgIpc) is 2.69. The van der Waals surface area contributed by atoms with Gasteiger partial charge in [-0.1, -0.05) is 23.7 Å². The molecule has 8 nitrogen and oxygen atoms in total. The number of hydrogen-bond acceptors (Lipinski definition) is 6. The predicted molar refractivity (Wildman–Crippen MR) is 119 cm³/mol. The van der Waals surface area contributed by atoms with Crippen LogP contribution in [0.2, 0.25) is 5.02 Å². The summed E-state index contributed by atoms with van der Waals surface area (Å²) in [6.07, 6.45) is -0.813. The lowest BCUT2D eigenvalue weighted by Crippen LogP contribution is -2.30. The first kappa shape index (κ1) is 22.5. The number of hydrogen-bond donors (Lipinski definition) is 2. The van der Waals surface area contributed by atoms with E-state index in [-0.39, 0.29) is 10.8 Å². The first-order valence-electron chi connectivity index (χ1n) is 9.31. The minimum atomic E-state index is -3.88. The molecule has 0 aliphatic rings. The van der Waals surface area contributed by atoms with Gasteiger partial charge in [-0.25, -0.2) is 23.1 Å². The Balaban J connectivity index is 1.66. The molecule has 0 aliphatic heterocycles. The molecular weight excluding hydrogens is 440 g/mol. The number of anilines is 2. The van der Waals surface area contributed by atoms with Gasteiger partial charge in [0.1, 0.15) is 5.75 Å². The SMILES string of the molecule is Cc1cc(C)nc(NS(=O)(=O)c2ccc(NC(=O)[C@@H](C)Oc3ccccc3Cl)cc2)n1. The second kappa shape index (κ2) is 9.32. The topological polar surface area (TPSA) is 110 Å². The van der Waals surface area contributed by atoms with Crippen molar-refractivity contribution < 1.29 is 17.9 Å². The molecular formula is C21H21ClN4O4S. The second-order valence-electron chi connectivity index (χ2n) is 6.78. The monoisotopic (exact) mass is 460 g/mol. The minimum absolute atomic E-state index is 0.000394. The third-order valence-corrected chi connectivity index (χ3v) is 5.81. The number of carbonyl (C=O) groups is 1. The standard InChI is InChI=1S/C21H21ClN4O4S/c1-13-12-14(2)24-21(23-13)26-31(28,29)17-10-8-16(9-11-17)25-20(27)15(3)30-19-7-5-4-6-18(19)22/h4-12,15H,1-3H3,(H,25,27)(H,23,24,26)/t15-/m1/s1. The van der Waals surface area contributed by atoms with Crippen molar-refractivity contribution in [3.05, 3.63) is 71.0 Å². The highest BCUT2D eigenvalue weighted by Gasteiger charge is 2.18. The molecule has 1 heterocycles. The van der Waals surface area contributed by atoms with Crippen LogP contribution in [0.15, 0.2) is 59.5 Å². The summed E-state index contributed by atoms with van der Waals surface area (Å²) in [5, 5.41) is 3.08. The summed E-state index contributed by atoms with van der Waals surface area (Å²) < 4.78 is 33.1. The summed E-state index contributed by atoms with van der Waals surface area (Å²) in [7, 11) is -3.88. The molecule has 3 aromatic rings. The molecule has 2 N–H and O–H groups in total. The zero-order valence-electron chi connectivity index (χ0n) is 17.1. The van der Waals surface area contributed by atoms with E-state index in [1.54, 1.807) is 51.1 Å². The number of halogens is 1. The van der Waals surface area contributed by atoms with Crippen LogP contribution in [0.1, 0.15) is 18.3 Å². The fourth-order valence-corrected chi connectivity index (χ4v) is 3.82. The molecule has 162 valence electrons. The summed E-state index contributed by atoms with van der Waals surface area (Å²) in [6.45, 7) is 5.09. The van der Waals surface area contributed by atoms with Crippen LogP contribution in [-0.2, 0) is 14.8 Å². The fraction of sp³-hybridized carbons (Fsp3) is 0.190. The van der Waals surface area contributed by atoms with E-state index in [4.69, 9.17) is 16.3 Å². The Kier molecular flexibility index (Phi) is 6.77. The van der Waals surface area contributed by atoms with E-state index in [0.29, 0.717) is 27.8 Å². The van der Waals surface area contributed by atoms with Crippen molar-refractivity contribution in [3.8, 4) is 5.75 Å². The Hall–Kier alpha value is -3.17. The van der Waals surface area contributed by atoms with Crippen LogP contribution in [0.25, 0.3) is 0 Å². The third-order valence-electron chi connectivity index (χ3n) is 4.15. The highest BCUT2D eigenvalue weighted by Crippen LogP contribution is 2.24. The van der Waals surface area contributed by atoms with E-state index in [0.717, 1.165) is 0 Å². The summed E-state index contributed by atoms with van der Waals surface area (Å²) in [5.74, 6) is -0.00866. The van der Waals surface area contributed by atoms with Crippen LogP contribution in [0, 0.1) is 13.8 Å². The normalized spacial score (nSPS) is 12.1. The molecule has 0 saturated heterocycles. The number of nitrogens with one attached hydrogen (secondary N) is 2. The lowest BCUT2D eigenvalue weighted by Gasteiger charge is -2.15. The number of carbonyl (C=O) groups excluding carboxylic acids is 1. The minimum Gasteiger partial charge on any atom is -0.479 e. The molecule has 0 aliphatic carbocycles. The smallest absolute Gasteiger partial charge is 0.265 e. The van der Waals surface area contributed by atoms with Gasteiger partial charge in [-0.2, -0.15) is 0 Å². The molecule has 0 fully saturated rings. The van der Waals surface area contributed by atoms with Crippen LogP contribution in [0.4, 0.5) is 11.6 Å². The number of para-hydroxylation sites is 1. The average molecular weight is 461 g/mol. The maximum Gasteiger partial charge on any atom is 0.265 e. The van der Waals surface area contributed by atoms with Crippen molar-refractivity contribution in [1.82, 2.24) is 9.97 Å². The Morgan fingerprint density at radius 2 is 1.65 bits per heavy atom.